The van der Waals surface area contributed by atoms with Crippen LogP contribution in [-0.4, -0.2) is 39.2 Å². The number of nitrogens with one attached hydrogen (secondary N) is 3. The summed E-state index contributed by atoms with van der Waals surface area (Å²) in [5.74, 6) is 0. The lowest BCUT2D eigenvalue weighted by Gasteiger charge is -2.35. The predicted octanol–water partition coefficient (Wildman–Crippen LogP) is 3.37. The predicted molar refractivity (Wildman–Crippen MR) is 97.3 cm³/mol. The number of likely N-dealkylation sites (tertiary alicyclic amines) is 1. The zero-order valence-corrected chi connectivity index (χ0v) is 14.2. The van der Waals surface area contributed by atoms with E-state index in [0.29, 0.717) is 6.54 Å². The third-order valence-electron chi connectivity index (χ3n) is 5.02. The minimum absolute atomic E-state index is 0.0205. The number of aromatic amines is 2. The van der Waals surface area contributed by atoms with Crippen LogP contribution in [0.2, 0.25) is 0 Å². The Morgan fingerprint density at radius 2 is 2.28 bits per heavy atom. The number of carbonyl (C=O) groups is 1. The van der Waals surface area contributed by atoms with Gasteiger partial charge in [-0.3, -0.25) is 5.10 Å². The van der Waals surface area contributed by atoms with Gasteiger partial charge in [0.25, 0.3) is 0 Å². The van der Waals surface area contributed by atoms with Gasteiger partial charge < -0.3 is 15.2 Å². The zero-order chi connectivity index (χ0) is 17.1. The Kier molecular flexibility index (Phi) is 4.41. The number of hydrogen-bond acceptors (Lipinski definition) is 2. The van der Waals surface area contributed by atoms with Crippen LogP contribution in [0.3, 0.4) is 0 Å². The van der Waals surface area contributed by atoms with Crippen molar-refractivity contribution in [1.29, 1.82) is 0 Å². The van der Waals surface area contributed by atoms with Gasteiger partial charge in [-0.25, -0.2) is 4.79 Å². The lowest BCUT2D eigenvalue weighted by molar-refractivity contribution is 0.151. The number of urea groups is 1. The molecule has 0 unspecified atom stereocenters. The van der Waals surface area contributed by atoms with Gasteiger partial charge in [0.1, 0.15) is 0 Å². The summed E-state index contributed by atoms with van der Waals surface area (Å²) in [6.07, 6.45) is 9.70. The van der Waals surface area contributed by atoms with Crippen LogP contribution in [0.4, 0.5) is 4.79 Å². The van der Waals surface area contributed by atoms with E-state index in [1.165, 1.54) is 10.9 Å². The molecule has 2 amide bonds. The molecule has 1 saturated heterocycles. The molecule has 6 heteroatoms. The standard InChI is InChI=1S/C19H23N5O/c25-19(24-11-2-1-6-18(24)15-12-22-23-13-15)21-9-7-14-4-3-5-17-16(14)8-10-20-17/h3-5,8,10,12-13,18,20H,1-2,6-7,9,11H2,(H,21,25)(H,22,23)/t18-/m0/s1. The molecule has 0 spiro atoms. The fourth-order valence-corrected chi connectivity index (χ4v) is 3.74. The minimum atomic E-state index is 0.0205. The van der Waals surface area contributed by atoms with Crippen molar-refractivity contribution in [2.45, 2.75) is 31.7 Å². The van der Waals surface area contributed by atoms with E-state index in [0.717, 1.165) is 43.3 Å². The van der Waals surface area contributed by atoms with Crippen molar-refractivity contribution >= 4 is 16.9 Å². The smallest absolute Gasteiger partial charge is 0.317 e. The maximum atomic E-state index is 12.7. The molecule has 1 fully saturated rings. The molecule has 1 aromatic carbocycles. The van der Waals surface area contributed by atoms with E-state index in [1.807, 2.05) is 23.5 Å². The molecule has 6 nitrogen and oxygen atoms in total. The van der Waals surface area contributed by atoms with E-state index in [2.05, 4.69) is 44.8 Å². The van der Waals surface area contributed by atoms with Crippen molar-refractivity contribution in [3.05, 3.63) is 54.0 Å². The van der Waals surface area contributed by atoms with E-state index < -0.39 is 0 Å². The summed E-state index contributed by atoms with van der Waals surface area (Å²) in [7, 11) is 0. The van der Waals surface area contributed by atoms with Crippen molar-refractivity contribution in [2.24, 2.45) is 0 Å². The van der Waals surface area contributed by atoms with Gasteiger partial charge in [-0.1, -0.05) is 12.1 Å². The third-order valence-corrected chi connectivity index (χ3v) is 5.02. The number of amides is 2. The molecule has 130 valence electrons. The number of benzene rings is 1. The molecule has 3 heterocycles. The normalized spacial score (nSPS) is 17.8. The number of H-pyrrole nitrogens is 2. The molecular weight excluding hydrogens is 314 g/mol. The van der Waals surface area contributed by atoms with Gasteiger partial charge in [0, 0.05) is 41.9 Å². The Morgan fingerprint density at radius 1 is 1.32 bits per heavy atom. The molecule has 1 aliphatic heterocycles. The molecule has 25 heavy (non-hydrogen) atoms. The minimum Gasteiger partial charge on any atom is -0.361 e. The zero-order valence-electron chi connectivity index (χ0n) is 14.2. The molecule has 1 atom stereocenters. The summed E-state index contributed by atoms with van der Waals surface area (Å²) < 4.78 is 0. The van der Waals surface area contributed by atoms with Crippen LogP contribution in [0.1, 0.15) is 36.4 Å². The van der Waals surface area contributed by atoms with E-state index >= 15 is 0 Å². The van der Waals surface area contributed by atoms with Gasteiger partial charge in [-0.2, -0.15) is 5.10 Å². The van der Waals surface area contributed by atoms with E-state index in [-0.39, 0.29) is 12.1 Å². The van der Waals surface area contributed by atoms with Gasteiger partial charge in [0.15, 0.2) is 0 Å². The fraction of sp³-hybridized carbons (Fsp3) is 0.368. The maximum Gasteiger partial charge on any atom is 0.317 e. The SMILES string of the molecule is O=C(NCCc1cccc2[nH]ccc12)N1CCCC[C@H]1c1cn[nH]c1. The van der Waals surface area contributed by atoms with Gasteiger partial charge in [0.05, 0.1) is 12.2 Å². The summed E-state index contributed by atoms with van der Waals surface area (Å²) in [4.78, 5) is 17.9. The Hall–Kier alpha value is -2.76. The highest BCUT2D eigenvalue weighted by molar-refractivity contribution is 5.83. The van der Waals surface area contributed by atoms with Gasteiger partial charge in [-0.05, 0) is 43.4 Å². The molecule has 0 aliphatic carbocycles. The van der Waals surface area contributed by atoms with Gasteiger partial charge in [-0.15, -0.1) is 0 Å². The topological polar surface area (TPSA) is 76.8 Å². The largest absolute Gasteiger partial charge is 0.361 e. The first kappa shape index (κ1) is 15.7. The Morgan fingerprint density at radius 3 is 3.16 bits per heavy atom. The monoisotopic (exact) mass is 337 g/mol. The molecule has 4 rings (SSSR count). The van der Waals surface area contributed by atoms with Crippen LogP contribution in [0, 0.1) is 0 Å². The molecule has 1 aliphatic rings. The highest BCUT2D eigenvalue weighted by atomic mass is 16.2. The van der Waals surface area contributed by atoms with Crippen molar-refractivity contribution in [2.75, 3.05) is 13.1 Å². The second-order valence-electron chi connectivity index (χ2n) is 6.57. The van der Waals surface area contributed by atoms with Crippen LogP contribution in [0.25, 0.3) is 10.9 Å². The number of aromatic nitrogens is 3. The number of nitrogens with zero attached hydrogens (tertiary/aromatic N) is 2. The second kappa shape index (κ2) is 7.01. The molecule has 0 bridgehead atoms. The average Bonchev–Trinajstić information content (AvgIpc) is 3.33. The maximum absolute atomic E-state index is 12.7. The summed E-state index contributed by atoms with van der Waals surface area (Å²) in [6, 6.07) is 8.48. The molecular formula is C19H23N5O. The van der Waals surface area contributed by atoms with Crippen molar-refractivity contribution in [1.82, 2.24) is 25.4 Å². The Labute approximate surface area is 146 Å². The molecule has 3 N–H and O–H groups in total. The molecule has 0 radical (unpaired) electrons. The first-order chi connectivity index (χ1) is 12.3. The number of carbonyl (C=O) groups excluding carboxylic acids is 1. The molecule has 3 aromatic rings. The summed E-state index contributed by atoms with van der Waals surface area (Å²) >= 11 is 0. The first-order valence-corrected chi connectivity index (χ1v) is 8.91. The first-order valence-electron chi connectivity index (χ1n) is 8.91. The van der Waals surface area contributed by atoms with E-state index in [4.69, 9.17) is 0 Å². The molecule has 0 saturated carbocycles. The highest BCUT2D eigenvalue weighted by Crippen LogP contribution is 2.30. The Bertz CT molecular complexity index is 839. The van der Waals surface area contributed by atoms with Crippen LogP contribution < -0.4 is 5.32 Å². The summed E-state index contributed by atoms with van der Waals surface area (Å²) in [6.45, 7) is 1.44. The van der Waals surface area contributed by atoms with Gasteiger partial charge in [0.2, 0.25) is 0 Å². The quantitative estimate of drug-likeness (QED) is 0.682. The van der Waals surface area contributed by atoms with Gasteiger partial charge >= 0.3 is 6.03 Å². The second-order valence-corrected chi connectivity index (χ2v) is 6.57. The van der Waals surface area contributed by atoms with E-state index in [1.54, 1.807) is 0 Å². The molecule has 2 aromatic heterocycles. The summed E-state index contributed by atoms with van der Waals surface area (Å²) in [5.41, 5.74) is 3.48. The van der Waals surface area contributed by atoms with Crippen LogP contribution >= 0.6 is 0 Å². The Balaban J connectivity index is 1.39. The summed E-state index contributed by atoms with van der Waals surface area (Å²) in [5, 5.41) is 11.2. The van der Waals surface area contributed by atoms with Crippen molar-refractivity contribution < 1.29 is 4.79 Å². The lowest BCUT2D eigenvalue weighted by atomic mass is 9.98. The number of fused-ring (bicyclic) bond motifs is 1. The fourth-order valence-electron chi connectivity index (χ4n) is 3.74. The average molecular weight is 337 g/mol. The number of rotatable bonds is 4. The highest BCUT2D eigenvalue weighted by Gasteiger charge is 2.28. The van der Waals surface area contributed by atoms with Crippen LogP contribution in [0.15, 0.2) is 42.9 Å². The van der Waals surface area contributed by atoms with Crippen LogP contribution in [0.5, 0.6) is 0 Å². The van der Waals surface area contributed by atoms with E-state index in [9.17, 15) is 4.79 Å². The number of hydrogen-bond donors (Lipinski definition) is 3. The number of piperidine rings is 1. The third kappa shape index (κ3) is 3.24. The van der Waals surface area contributed by atoms with Crippen molar-refractivity contribution in [3.63, 3.8) is 0 Å². The van der Waals surface area contributed by atoms with Crippen LogP contribution in [-0.2, 0) is 6.42 Å². The van der Waals surface area contributed by atoms with Crippen molar-refractivity contribution in [3.8, 4) is 0 Å². The lowest BCUT2D eigenvalue weighted by Crippen LogP contribution is -2.45.